The van der Waals surface area contributed by atoms with E-state index in [-0.39, 0.29) is 11.7 Å². The summed E-state index contributed by atoms with van der Waals surface area (Å²) in [6.07, 6.45) is 0.352. The number of aromatic amines is 1. The molecule has 6 heteroatoms. The Labute approximate surface area is 103 Å². The van der Waals surface area contributed by atoms with Crippen LogP contribution in [0.2, 0.25) is 0 Å². The Balaban J connectivity index is 2.05. The van der Waals surface area contributed by atoms with Gasteiger partial charge in [-0.3, -0.25) is 9.89 Å². The van der Waals surface area contributed by atoms with Gasteiger partial charge in [-0.15, -0.1) is 0 Å². The van der Waals surface area contributed by atoms with Gasteiger partial charge in [-0.25, -0.2) is 0 Å². The maximum atomic E-state index is 11.7. The number of hydrogen-bond donors (Lipinski definition) is 3. The number of carbonyl (C=O) groups excluding carboxylic acids is 1. The first-order chi connectivity index (χ1) is 8.69. The van der Waals surface area contributed by atoms with Crippen LogP contribution in [-0.2, 0) is 6.42 Å². The Morgan fingerprint density at radius 2 is 2.17 bits per heavy atom. The zero-order chi connectivity index (χ0) is 13.0. The number of rotatable bonds is 3. The number of benzene rings is 1. The molecule has 6 nitrogen and oxygen atoms in total. The minimum Gasteiger partial charge on any atom is -0.382 e. The van der Waals surface area contributed by atoms with Crippen LogP contribution in [-0.4, -0.2) is 16.1 Å². The van der Waals surface area contributed by atoms with Gasteiger partial charge in [-0.05, 0) is 17.7 Å². The van der Waals surface area contributed by atoms with E-state index in [2.05, 4.69) is 21.6 Å². The number of amides is 1. The standard InChI is InChI=1S/C12H11N5O/c13-6-5-8-1-3-9(4-2-8)15-12(18)10-7-11(14)17-16-10/h1-4,7H,5H2,(H,15,18)(H3,14,16,17). The van der Waals surface area contributed by atoms with Crippen molar-refractivity contribution in [3.05, 3.63) is 41.6 Å². The Morgan fingerprint density at radius 3 is 2.72 bits per heavy atom. The minimum absolute atomic E-state index is 0.268. The van der Waals surface area contributed by atoms with Gasteiger partial charge in [-0.2, -0.15) is 10.4 Å². The van der Waals surface area contributed by atoms with Crippen molar-refractivity contribution in [2.45, 2.75) is 6.42 Å². The third-order valence-electron chi connectivity index (χ3n) is 2.34. The molecule has 4 N–H and O–H groups in total. The predicted octanol–water partition coefficient (Wildman–Crippen LogP) is 1.31. The Bertz CT molecular complexity index is 594. The molecule has 2 aromatic rings. The molecule has 0 bridgehead atoms. The Morgan fingerprint density at radius 1 is 1.44 bits per heavy atom. The van der Waals surface area contributed by atoms with Crippen molar-refractivity contribution in [1.82, 2.24) is 10.2 Å². The molecule has 0 unspecified atom stereocenters. The van der Waals surface area contributed by atoms with Crippen LogP contribution in [0.25, 0.3) is 0 Å². The fourth-order valence-electron chi connectivity index (χ4n) is 1.45. The third kappa shape index (κ3) is 2.65. The van der Waals surface area contributed by atoms with E-state index in [1.165, 1.54) is 6.07 Å². The number of nitrogen functional groups attached to an aromatic ring is 1. The first-order valence-electron chi connectivity index (χ1n) is 5.27. The van der Waals surface area contributed by atoms with Crippen LogP contribution < -0.4 is 11.1 Å². The molecule has 90 valence electrons. The topological polar surface area (TPSA) is 108 Å². The fourth-order valence-corrected chi connectivity index (χ4v) is 1.45. The zero-order valence-corrected chi connectivity index (χ0v) is 9.47. The average molecular weight is 241 g/mol. The summed E-state index contributed by atoms with van der Waals surface area (Å²) >= 11 is 0. The number of H-pyrrole nitrogens is 1. The summed E-state index contributed by atoms with van der Waals surface area (Å²) in [5, 5.41) is 17.4. The first-order valence-corrected chi connectivity index (χ1v) is 5.27. The van der Waals surface area contributed by atoms with Gasteiger partial charge in [0, 0.05) is 11.8 Å². The van der Waals surface area contributed by atoms with Crippen molar-refractivity contribution in [2.24, 2.45) is 0 Å². The number of nitrogens with two attached hydrogens (primary N) is 1. The molecular formula is C12H11N5O. The van der Waals surface area contributed by atoms with Gasteiger partial charge >= 0.3 is 0 Å². The second-order valence-corrected chi connectivity index (χ2v) is 3.69. The summed E-state index contributed by atoms with van der Waals surface area (Å²) < 4.78 is 0. The molecule has 0 radical (unpaired) electrons. The molecule has 1 aromatic carbocycles. The largest absolute Gasteiger partial charge is 0.382 e. The van der Waals surface area contributed by atoms with Crippen LogP contribution >= 0.6 is 0 Å². The number of nitriles is 1. The maximum absolute atomic E-state index is 11.7. The maximum Gasteiger partial charge on any atom is 0.273 e. The molecular weight excluding hydrogens is 230 g/mol. The van der Waals surface area contributed by atoms with Crippen molar-refractivity contribution >= 4 is 17.4 Å². The summed E-state index contributed by atoms with van der Waals surface area (Å²) in [6, 6.07) is 10.6. The van der Waals surface area contributed by atoms with E-state index >= 15 is 0 Å². The molecule has 1 heterocycles. The molecule has 0 saturated carbocycles. The number of nitrogens with zero attached hydrogens (tertiary/aromatic N) is 2. The highest BCUT2D eigenvalue weighted by Gasteiger charge is 2.08. The van der Waals surface area contributed by atoms with Gasteiger partial charge in [0.2, 0.25) is 0 Å². The third-order valence-corrected chi connectivity index (χ3v) is 2.34. The molecule has 0 aliphatic carbocycles. The Kier molecular flexibility index (Phi) is 3.25. The van der Waals surface area contributed by atoms with Gasteiger partial charge < -0.3 is 11.1 Å². The summed E-state index contributed by atoms with van der Waals surface area (Å²) in [7, 11) is 0. The lowest BCUT2D eigenvalue weighted by molar-refractivity contribution is 0.102. The summed E-state index contributed by atoms with van der Waals surface area (Å²) in [5.41, 5.74) is 7.26. The van der Waals surface area contributed by atoms with E-state index in [4.69, 9.17) is 11.0 Å². The number of anilines is 2. The molecule has 0 aliphatic rings. The lowest BCUT2D eigenvalue weighted by Crippen LogP contribution is -2.12. The van der Waals surface area contributed by atoms with Crippen LogP contribution in [0.5, 0.6) is 0 Å². The summed E-state index contributed by atoms with van der Waals surface area (Å²) in [6.45, 7) is 0. The SMILES string of the molecule is N#CCc1ccc(NC(=O)c2cc(N)n[nH]2)cc1. The van der Waals surface area contributed by atoms with Gasteiger partial charge in [0.15, 0.2) is 0 Å². The van der Waals surface area contributed by atoms with Gasteiger partial charge in [0.05, 0.1) is 12.5 Å². The predicted molar refractivity (Wildman–Crippen MR) is 66.7 cm³/mol. The minimum atomic E-state index is -0.313. The van der Waals surface area contributed by atoms with Gasteiger partial charge in [-0.1, -0.05) is 12.1 Å². The van der Waals surface area contributed by atoms with E-state index < -0.39 is 0 Å². The highest BCUT2D eigenvalue weighted by atomic mass is 16.1. The molecule has 0 atom stereocenters. The van der Waals surface area contributed by atoms with Crippen LogP contribution in [0.1, 0.15) is 16.1 Å². The molecule has 0 aliphatic heterocycles. The smallest absolute Gasteiger partial charge is 0.273 e. The van der Waals surface area contributed by atoms with E-state index in [0.717, 1.165) is 5.56 Å². The van der Waals surface area contributed by atoms with Crippen molar-refractivity contribution in [3.8, 4) is 6.07 Å². The highest BCUT2D eigenvalue weighted by molar-refractivity contribution is 6.03. The van der Waals surface area contributed by atoms with Gasteiger partial charge in [0.1, 0.15) is 11.5 Å². The van der Waals surface area contributed by atoms with Crippen LogP contribution in [0, 0.1) is 11.3 Å². The molecule has 0 spiro atoms. The number of hydrogen-bond acceptors (Lipinski definition) is 4. The average Bonchev–Trinajstić information content (AvgIpc) is 2.79. The lowest BCUT2D eigenvalue weighted by atomic mass is 10.1. The quantitative estimate of drug-likeness (QED) is 0.752. The van der Waals surface area contributed by atoms with E-state index in [0.29, 0.717) is 17.8 Å². The molecule has 1 amide bonds. The van der Waals surface area contributed by atoms with Gasteiger partial charge in [0.25, 0.3) is 5.91 Å². The molecule has 1 aromatic heterocycles. The first kappa shape index (κ1) is 11.7. The normalized spacial score (nSPS) is 9.72. The number of aromatic nitrogens is 2. The molecule has 0 saturated heterocycles. The summed E-state index contributed by atoms with van der Waals surface area (Å²) in [5.74, 6) is -0.0447. The number of nitrogens with one attached hydrogen (secondary N) is 2. The van der Waals surface area contributed by atoms with E-state index in [9.17, 15) is 4.79 Å². The molecule has 18 heavy (non-hydrogen) atoms. The molecule has 2 rings (SSSR count). The summed E-state index contributed by atoms with van der Waals surface area (Å²) in [4.78, 5) is 11.7. The van der Waals surface area contributed by atoms with Crippen molar-refractivity contribution in [3.63, 3.8) is 0 Å². The second kappa shape index (κ2) is 5.01. The Hall–Kier alpha value is -2.81. The zero-order valence-electron chi connectivity index (χ0n) is 9.47. The van der Waals surface area contributed by atoms with Crippen molar-refractivity contribution in [1.29, 1.82) is 5.26 Å². The lowest BCUT2D eigenvalue weighted by Gasteiger charge is -2.03. The van der Waals surface area contributed by atoms with Crippen molar-refractivity contribution < 1.29 is 4.79 Å². The van der Waals surface area contributed by atoms with E-state index in [1.807, 2.05) is 0 Å². The van der Waals surface area contributed by atoms with Crippen molar-refractivity contribution in [2.75, 3.05) is 11.1 Å². The van der Waals surface area contributed by atoms with Crippen LogP contribution in [0.3, 0.4) is 0 Å². The fraction of sp³-hybridized carbons (Fsp3) is 0.0833. The highest BCUT2D eigenvalue weighted by Crippen LogP contribution is 2.11. The second-order valence-electron chi connectivity index (χ2n) is 3.69. The van der Waals surface area contributed by atoms with Crippen LogP contribution in [0.15, 0.2) is 30.3 Å². The van der Waals surface area contributed by atoms with E-state index in [1.54, 1.807) is 24.3 Å². The number of carbonyl (C=O) groups is 1. The van der Waals surface area contributed by atoms with Crippen LogP contribution in [0.4, 0.5) is 11.5 Å². The monoisotopic (exact) mass is 241 g/mol. The molecule has 0 fully saturated rings.